The average Bonchev–Trinajstić information content (AvgIpc) is 2.98. The molecule has 160 valence electrons. The van der Waals surface area contributed by atoms with Crippen LogP contribution in [0.25, 0.3) is 22.2 Å². The summed E-state index contributed by atoms with van der Waals surface area (Å²) in [6.45, 7) is 2.52. The van der Waals surface area contributed by atoms with Gasteiger partial charge in [-0.1, -0.05) is 29.8 Å². The van der Waals surface area contributed by atoms with Crippen LogP contribution >= 0.6 is 15.9 Å². The van der Waals surface area contributed by atoms with Crippen molar-refractivity contribution in [3.05, 3.63) is 52.3 Å². The molecule has 4 nitrogen and oxygen atoms in total. The number of pyridine rings is 1. The number of fused-ring (bicyclic) bond motifs is 5. The molecular formula is C22H22BrF3N2O2. The van der Waals surface area contributed by atoms with E-state index >= 15 is 0 Å². The molecule has 0 radical (unpaired) electrons. The van der Waals surface area contributed by atoms with Gasteiger partial charge in [-0.3, -0.25) is 4.98 Å². The Kier molecular flexibility index (Phi) is 5.23. The molecule has 0 bridgehead atoms. The molecular weight excluding hydrogens is 461 g/mol. The predicted octanol–water partition coefficient (Wildman–Crippen LogP) is 5.83. The summed E-state index contributed by atoms with van der Waals surface area (Å²) in [6.07, 6.45) is -3.28. The zero-order valence-electron chi connectivity index (χ0n) is 16.8. The number of rotatable bonds is 4. The lowest BCUT2D eigenvalue weighted by molar-refractivity contribution is -0.139. The second-order valence-corrected chi connectivity index (χ2v) is 9.26. The van der Waals surface area contributed by atoms with Crippen molar-refractivity contribution in [1.29, 1.82) is 0 Å². The van der Waals surface area contributed by atoms with E-state index in [1.807, 2.05) is 19.9 Å². The van der Waals surface area contributed by atoms with Crippen LogP contribution in [0, 0.1) is 5.41 Å². The molecule has 1 aliphatic carbocycles. The van der Waals surface area contributed by atoms with Crippen LogP contribution in [0.4, 0.5) is 13.2 Å². The van der Waals surface area contributed by atoms with Crippen molar-refractivity contribution < 1.29 is 23.0 Å². The fourth-order valence-corrected chi connectivity index (χ4v) is 4.96. The van der Waals surface area contributed by atoms with E-state index in [0.29, 0.717) is 27.9 Å². The van der Waals surface area contributed by atoms with E-state index in [4.69, 9.17) is 4.74 Å². The largest absolute Gasteiger partial charge is 0.406 e. The highest BCUT2D eigenvalue weighted by Crippen LogP contribution is 2.56. The Bertz CT molecular complexity index is 1110. The monoisotopic (exact) mass is 482 g/mol. The molecule has 0 saturated heterocycles. The Morgan fingerprint density at radius 2 is 1.97 bits per heavy atom. The van der Waals surface area contributed by atoms with Gasteiger partial charge in [0, 0.05) is 46.8 Å². The first-order chi connectivity index (χ1) is 14.1. The highest BCUT2D eigenvalue weighted by molar-refractivity contribution is 9.10. The number of halogens is 4. The van der Waals surface area contributed by atoms with Gasteiger partial charge in [0.05, 0.1) is 11.4 Å². The summed E-state index contributed by atoms with van der Waals surface area (Å²) in [5, 5.41) is 10.9. The molecule has 2 aromatic heterocycles. The first-order valence-electron chi connectivity index (χ1n) is 9.56. The van der Waals surface area contributed by atoms with Crippen molar-refractivity contribution in [3.63, 3.8) is 0 Å². The number of aliphatic hydroxyl groups excluding tert-OH is 1. The van der Waals surface area contributed by atoms with Gasteiger partial charge in [-0.25, -0.2) is 0 Å². The molecule has 0 saturated carbocycles. The van der Waals surface area contributed by atoms with E-state index < -0.39 is 30.2 Å². The molecule has 0 amide bonds. The average molecular weight is 483 g/mol. The minimum Gasteiger partial charge on any atom is -0.396 e. The molecule has 0 spiro atoms. The summed E-state index contributed by atoms with van der Waals surface area (Å²) >= 11 is 3.46. The third-order valence-electron chi connectivity index (χ3n) is 5.88. The van der Waals surface area contributed by atoms with Gasteiger partial charge in [-0.05, 0) is 41.3 Å². The zero-order valence-corrected chi connectivity index (χ0v) is 18.4. The number of aromatic nitrogens is 2. The standard InChI is InChI=1S/C22H22BrF3N2O2/c1-21(2,11-29)17-16-14-9-12(23)6-7-15(14)28(10-22(24,25)26)19(16)13-5-4-8-27-18(13)20(17)30-3/h4-9,17,20,29H,10-11H2,1-3H3. The fraction of sp³-hybridized carbons (Fsp3) is 0.409. The lowest BCUT2D eigenvalue weighted by Gasteiger charge is -2.41. The van der Waals surface area contributed by atoms with Crippen molar-refractivity contribution in [2.75, 3.05) is 13.7 Å². The number of benzene rings is 1. The second kappa shape index (κ2) is 7.35. The SMILES string of the molecule is COC1c2ncccc2-c2c(c3cc(Br)ccc3n2CC(F)(F)F)C1C(C)(C)CO. The summed E-state index contributed by atoms with van der Waals surface area (Å²) in [4.78, 5) is 4.48. The summed E-state index contributed by atoms with van der Waals surface area (Å²) in [6, 6.07) is 8.79. The minimum absolute atomic E-state index is 0.154. The smallest absolute Gasteiger partial charge is 0.396 e. The van der Waals surface area contributed by atoms with Gasteiger partial charge in [0.15, 0.2) is 0 Å². The summed E-state index contributed by atoms with van der Waals surface area (Å²) in [7, 11) is 1.57. The summed E-state index contributed by atoms with van der Waals surface area (Å²) in [5.74, 6) is -0.392. The van der Waals surface area contributed by atoms with Crippen LogP contribution < -0.4 is 0 Å². The molecule has 8 heteroatoms. The van der Waals surface area contributed by atoms with E-state index in [1.165, 1.54) is 4.57 Å². The van der Waals surface area contributed by atoms with E-state index in [-0.39, 0.29) is 6.61 Å². The molecule has 0 fully saturated rings. The van der Waals surface area contributed by atoms with E-state index in [2.05, 4.69) is 20.9 Å². The predicted molar refractivity (Wildman–Crippen MR) is 112 cm³/mol. The van der Waals surface area contributed by atoms with Gasteiger partial charge in [0.2, 0.25) is 0 Å². The van der Waals surface area contributed by atoms with E-state index in [1.54, 1.807) is 37.6 Å². The number of nitrogens with zero attached hydrogens (tertiary/aromatic N) is 2. The Morgan fingerprint density at radius 1 is 1.23 bits per heavy atom. The molecule has 30 heavy (non-hydrogen) atoms. The highest BCUT2D eigenvalue weighted by Gasteiger charge is 2.47. The lowest BCUT2D eigenvalue weighted by atomic mass is 9.67. The Balaban J connectivity index is 2.17. The van der Waals surface area contributed by atoms with Gasteiger partial charge in [0.25, 0.3) is 0 Å². The molecule has 4 rings (SSSR count). The minimum atomic E-state index is -4.39. The van der Waals surface area contributed by atoms with Crippen LogP contribution in [0.3, 0.4) is 0 Å². The van der Waals surface area contributed by atoms with E-state index in [9.17, 15) is 18.3 Å². The fourth-order valence-electron chi connectivity index (χ4n) is 4.60. The van der Waals surface area contributed by atoms with E-state index in [0.717, 1.165) is 10.0 Å². The van der Waals surface area contributed by atoms with Gasteiger partial charge in [0.1, 0.15) is 12.6 Å². The number of hydrogen-bond acceptors (Lipinski definition) is 3. The van der Waals surface area contributed by atoms with Gasteiger partial charge < -0.3 is 14.4 Å². The molecule has 1 N–H and O–H groups in total. The lowest BCUT2D eigenvalue weighted by Crippen LogP contribution is -2.35. The molecule has 2 heterocycles. The molecule has 1 aliphatic rings. The van der Waals surface area contributed by atoms with Gasteiger partial charge in [-0.2, -0.15) is 13.2 Å². The Morgan fingerprint density at radius 3 is 2.60 bits per heavy atom. The normalized spacial score (nSPS) is 19.1. The molecule has 3 aromatic rings. The third kappa shape index (κ3) is 3.35. The quantitative estimate of drug-likeness (QED) is 0.508. The third-order valence-corrected chi connectivity index (χ3v) is 6.38. The van der Waals surface area contributed by atoms with Crippen molar-refractivity contribution in [3.8, 4) is 11.3 Å². The first-order valence-corrected chi connectivity index (χ1v) is 10.4. The molecule has 2 unspecified atom stereocenters. The maximum Gasteiger partial charge on any atom is 0.406 e. The van der Waals surface area contributed by atoms with Crippen LogP contribution in [0.2, 0.25) is 0 Å². The van der Waals surface area contributed by atoms with Crippen LogP contribution in [-0.4, -0.2) is 34.6 Å². The summed E-state index contributed by atoms with van der Waals surface area (Å²) < 4.78 is 48.7. The first kappa shape index (κ1) is 21.3. The van der Waals surface area contributed by atoms with Crippen LogP contribution in [0.1, 0.15) is 37.1 Å². The Labute approximate surface area is 180 Å². The number of aliphatic hydroxyl groups is 1. The van der Waals surface area contributed by atoms with Crippen molar-refractivity contribution in [2.45, 2.75) is 38.6 Å². The maximum atomic E-state index is 13.6. The number of ether oxygens (including phenoxy) is 1. The zero-order chi connectivity index (χ0) is 21.8. The molecule has 0 aliphatic heterocycles. The van der Waals surface area contributed by atoms with Crippen LogP contribution in [0.15, 0.2) is 41.0 Å². The number of hydrogen-bond donors (Lipinski definition) is 1. The highest BCUT2D eigenvalue weighted by atomic mass is 79.9. The summed E-state index contributed by atoms with van der Waals surface area (Å²) in [5.41, 5.74) is 2.28. The number of alkyl halides is 3. The number of methoxy groups -OCH3 is 1. The van der Waals surface area contributed by atoms with Crippen molar-refractivity contribution in [2.24, 2.45) is 5.41 Å². The van der Waals surface area contributed by atoms with Crippen LogP contribution in [-0.2, 0) is 11.3 Å². The van der Waals surface area contributed by atoms with Gasteiger partial charge >= 0.3 is 6.18 Å². The molecule has 2 atom stereocenters. The molecule has 1 aromatic carbocycles. The van der Waals surface area contributed by atoms with Crippen LogP contribution in [0.5, 0.6) is 0 Å². The Hall–Kier alpha value is -1.90. The second-order valence-electron chi connectivity index (χ2n) is 8.34. The van der Waals surface area contributed by atoms with Crippen molar-refractivity contribution in [1.82, 2.24) is 9.55 Å². The maximum absolute atomic E-state index is 13.6. The van der Waals surface area contributed by atoms with Gasteiger partial charge in [-0.15, -0.1) is 0 Å². The van der Waals surface area contributed by atoms with Crippen molar-refractivity contribution >= 4 is 26.8 Å². The topological polar surface area (TPSA) is 47.3 Å².